The second-order valence-corrected chi connectivity index (χ2v) is 3.93. The summed E-state index contributed by atoms with van der Waals surface area (Å²) in [6.07, 6.45) is -4.44. The van der Waals surface area contributed by atoms with Gasteiger partial charge in [-0.3, -0.25) is 0 Å². The molecule has 1 N–H and O–H groups in total. The molecule has 0 spiro atoms. The van der Waals surface area contributed by atoms with Gasteiger partial charge in [-0.05, 0) is 19.9 Å². The van der Waals surface area contributed by atoms with E-state index in [-0.39, 0.29) is 0 Å². The molecule has 0 fully saturated rings. The minimum Gasteiger partial charge on any atom is -0.338 e. The van der Waals surface area contributed by atoms with Crippen molar-refractivity contribution < 1.29 is 13.2 Å². The molecule has 1 aromatic heterocycles. The van der Waals surface area contributed by atoms with Gasteiger partial charge in [0.1, 0.15) is 0 Å². The van der Waals surface area contributed by atoms with Crippen LogP contribution in [-0.4, -0.2) is 9.97 Å². The number of aromatic amines is 1. The third kappa shape index (κ3) is 2.33. The van der Waals surface area contributed by atoms with E-state index in [4.69, 9.17) is 0 Å². The van der Waals surface area contributed by atoms with Crippen LogP contribution in [-0.2, 0) is 6.18 Å². The molecular weight excluding hydrogens is 229 g/mol. The Labute approximate surface area is 96.5 Å². The van der Waals surface area contributed by atoms with Gasteiger partial charge in [-0.25, -0.2) is 4.98 Å². The van der Waals surface area contributed by atoms with Crippen LogP contribution in [0.15, 0.2) is 24.3 Å². The molecular formula is C12H11F3N2. The van der Waals surface area contributed by atoms with E-state index < -0.39 is 12.0 Å². The van der Waals surface area contributed by atoms with E-state index in [2.05, 4.69) is 9.97 Å². The van der Waals surface area contributed by atoms with Crippen LogP contribution in [0, 0.1) is 13.8 Å². The van der Waals surface area contributed by atoms with E-state index in [1.165, 1.54) is 0 Å². The number of hydrogen-bond acceptors (Lipinski definition) is 1. The molecule has 0 aliphatic heterocycles. The van der Waals surface area contributed by atoms with Crippen LogP contribution in [0.2, 0.25) is 0 Å². The van der Waals surface area contributed by atoms with Gasteiger partial charge in [-0.15, -0.1) is 0 Å². The van der Waals surface area contributed by atoms with Crippen molar-refractivity contribution in [3.05, 3.63) is 41.3 Å². The smallest absolute Gasteiger partial charge is 0.338 e. The Kier molecular flexibility index (Phi) is 2.69. The summed E-state index contributed by atoms with van der Waals surface area (Å²) in [5, 5.41) is 0. The molecule has 0 saturated heterocycles. The highest BCUT2D eigenvalue weighted by Gasteiger charge is 2.35. The number of H-pyrrole nitrogens is 1. The number of imidazole rings is 1. The summed E-state index contributed by atoms with van der Waals surface area (Å²) in [5.74, 6) is -0.952. The SMILES string of the molecule is Cc1cccc(-c2nc(C(F)(F)F)[nH]c2C)c1. The van der Waals surface area contributed by atoms with Crippen molar-refractivity contribution in [1.82, 2.24) is 9.97 Å². The van der Waals surface area contributed by atoms with E-state index in [1.807, 2.05) is 19.1 Å². The number of benzene rings is 1. The van der Waals surface area contributed by atoms with Gasteiger partial charge in [0.15, 0.2) is 0 Å². The van der Waals surface area contributed by atoms with E-state index in [1.54, 1.807) is 19.1 Å². The second kappa shape index (κ2) is 3.91. The van der Waals surface area contributed by atoms with Crippen LogP contribution in [0.1, 0.15) is 17.1 Å². The van der Waals surface area contributed by atoms with Crippen LogP contribution in [0.5, 0.6) is 0 Å². The lowest BCUT2D eigenvalue weighted by Gasteiger charge is -2.00. The first-order valence-corrected chi connectivity index (χ1v) is 5.09. The van der Waals surface area contributed by atoms with E-state index in [0.717, 1.165) is 5.56 Å². The van der Waals surface area contributed by atoms with Crippen molar-refractivity contribution in [2.75, 3.05) is 0 Å². The second-order valence-electron chi connectivity index (χ2n) is 3.93. The zero-order chi connectivity index (χ0) is 12.6. The molecule has 0 aliphatic rings. The number of aromatic nitrogens is 2. The molecule has 2 aromatic rings. The van der Waals surface area contributed by atoms with E-state index in [9.17, 15) is 13.2 Å². The Morgan fingerprint density at radius 2 is 1.88 bits per heavy atom. The average Bonchev–Trinajstić information content (AvgIpc) is 2.60. The molecule has 0 saturated carbocycles. The van der Waals surface area contributed by atoms with Crippen molar-refractivity contribution in [2.45, 2.75) is 20.0 Å². The lowest BCUT2D eigenvalue weighted by molar-refractivity contribution is -0.144. The Bertz CT molecular complexity index is 541. The Morgan fingerprint density at radius 3 is 2.41 bits per heavy atom. The van der Waals surface area contributed by atoms with E-state index >= 15 is 0 Å². The van der Waals surface area contributed by atoms with Gasteiger partial charge in [0.2, 0.25) is 5.82 Å². The van der Waals surface area contributed by atoms with Crippen molar-refractivity contribution >= 4 is 0 Å². The lowest BCUT2D eigenvalue weighted by Crippen LogP contribution is -2.07. The molecule has 0 radical (unpaired) electrons. The first-order chi connectivity index (χ1) is 7.88. The molecule has 0 amide bonds. The predicted molar refractivity (Wildman–Crippen MR) is 58.5 cm³/mol. The largest absolute Gasteiger partial charge is 0.449 e. The van der Waals surface area contributed by atoms with Crippen LogP contribution >= 0.6 is 0 Å². The maximum Gasteiger partial charge on any atom is 0.449 e. The van der Waals surface area contributed by atoms with Crippen molar-refractivity contribution in [1.29, 1.82) is 0 Å². The number of nitrogens with zero attached hydrogens (tertiary/aromatic N) is 1. The van der Waals surface area contributed by atoms with Gasteiger partial charge in [-0.2, -0.15) is 13.2 Å². The number of rotatable bonds is 1. The fraction of sp³-hybridized carbons (Fsp3) is 0.250. The number of nitrogens with one attached hydrogen (secondary N) is 1. The van der Waals surface area contributed by atoms with Crippen LogP contribution in [0.3, 0.4) is 0 Å². The van der Waals surface area contributed by atoms with Gasteiger partial charge >= 0.3 is 6.18 Å². The molecule has 1 heterocycles. The first-order valence-electron chi connectivity index (χ1n) is 5.09. The summed E-state index contributed by atoms with van der Waals surface area (Å²) in [7, 11) is 0. The third-order valence-electron chi connectivity index (χ3n) is 2.44. The molecule has 90 valence electrons. The molecule has 1 aromatic carbocycles. The quantitative estimate of drug-likeness (QED) is 0.808. The minimum absolute atomic E-state index is 0.348. The average molecular weight is 240 g/mol. The molecule has 2 nitrogen and oxygen atoms in total. The summed E-state index contributed by atoms with van der Waals surface area (Å²) >= 11 is 0. The number of halogens is 3. The normalized spacial score (nSPS) is 11.8. The lowest BCUT2D eigenvalue weighted by atomic mass is 10.1. The highest BCUT2D eigenvalue weighted by molar-refractivity contribution is 5.62. The number of alkyl halides is 3. The number of hydrogen-bond donors (Lipinski definition) is 1. The summed E-state index contributed by atoms with van der Waals surface area (Å²) in [6, 6.07) is 7.24. The highest BCUT2D eigenvalue weighted by atomic mass is 19.4. The highest BCUT2D eigenvalue weighted by Crippen LogP contribution is 2.30. The predicted octanol–water partition coefficient (Wildman–Crippen LogP) is 3.71. The zero-order valence-electron chi connectivity index (χ0n) is 9.39. The molecule has 5 heteroatoms. The summed E-state index contributed by atoms with van der Waals surface area (Å²) in [4.78, 5) is 5.88. The Hall–Kier alpha value is -1.78. The zero-order valence-corrected chi connectivity index (χ0v) is 9.39. The minimum atomic E-state index is -4.44. The maximum absolute atomic E-state index is 12.5. The molecule has 2 rings (SSSR count). The van der Waals surface area contributed by atoms with Gasteiger partial charge in [0.05, 0.1) is 5.69 Å². The van der Waals surface area contributed by atoms with Gasteiger partial charge in [0.25, 0.3) is 0 Å². The summed E-state index contributed by atoms with van der Waals surface area (Å²) in [5.41, 5.74) is 2.44. The fourth-order valence-corrected chi connectivity index (χ4v) is 1.67. The monoisotopic (exact) mass is 240 g/mol. The maximum atomic E-state index is 12.5. The summed E-state index contributed by atoms with van der Waals surface area (Å²) in [6.45, 7) is 3.47. The first kappa shape index (κ1) is 11.7. The van der Waals surface area contributed by atoms with Crippen molar-refractivity contribution in [3.63, 3.8) is 0 Å². The van der Waals surface area contributed by atoms with Gasteiger partial charge in [0, 0.05) is 11.3 Å². The molecule has 0 bridgehead atoms. The fourth-order valence-electron chi connectivity index (χ4n) is 1.67. The third-order valence-corrected chi connectivity index (χ3v) is 2.44. The molecule has 17 heavy (non-hydrogen) atoms. The Morgan fingerprint density at radius 1 is 1.18 bits per heavy atom. The molecule has 0 atom stereocenters. The van der Waals surface area contributed by atoms with Crippen LogP contribution < -0.4 is 0 Å². The van der Waals surface area contributed by atoms with Gasteiger partial charge in [-0.1, -0.05) is 23.8 Å². The van der Waals surface area contributed by atoms with Crippen LogP contribution in [0.4, 0.5) is 13.2 Å². The summed E-state index contributed by atoms with van der Waals surface area (Å²) < 4.78 is 37.4. The Balaban J connectivity index is 2.50. The number of aryl methyl sites for hydroxylation is 2. The molecule has 0 aliphatic carbocycles. The van der Waals surface area contributed by atoms with Crippen LogP contribution in [0.25, 0.3) is 11.3 Å². The van der Waals surface area contributed by atoms with Crippen molar-refractivity contribution in [2.24, 2.45) is 0 Å². The standard InChI is InChI=1S/C12H11F3N2/c1-7-4-3-5-9(6-7)10-8(2)16-11(17-10)12(13,14)15/h3-6H,1-2H3,(H,16,17). The van der Waals surface area contributed by atoms with E-state index in [0.29, 0.717) is 17.0 Å². The van der Waals surface area contributed by atoms with Crippen molar-refractivity contribution in [3.8, 4) is 11.3 Å². The molecule has 0 unspecified atom stereocenters. The topological polar surface area (TPSA) is 28.7 Å². The van der Waals surface area contributed by atoms with Gasteiger partial charge < -0.3 is 4.98 Å².